The Balaban J connectivity index is 2.07. The molecule has 0 N–H and O–H groups in total. The van der Waals surface area contributed by atoms with Crippen molar-refractivity contribution < 1.29 is 9.63 Å². The highest BCUT2D eigenvalue weighted by molar-refractivity contribution is 7.71. The average Bonchev–Trinajstić information content (AvgIpc) is 2.64. The molecular weight excluding hydrogens is 318 g/mol. The van der Waals surface area contributed by atoms with E-state index in [1.165, 1.54) is 4.73 Å². The number of rotatable bonds is 4. The van der Waals surface area contributed by atoms with E-state index in [0.29, 0.717) is 4.64 Å². The Labute approximate surface area is 146 Å². The highest BCUT2D eigenvalue weighted by Crippen LogP contribution is 2.32. The Morgan fingerprint density at radius 3 is 1.88 bits per heavy atom. The smallest absolute Gasteiger partial charge is 0.334 e. The zero-order valence-corrected chi connectivity index (χ0v) is 14.1. The lowest BCUT2D eigenvalue weighted by molar-refractivity contribution is -0.149. The number of aromatic nitrogens is 1. The third kappa shape index (κ3) is 3.01. The molecule has 0 radical (unpaired) electrons. The minimum atomic E-state index is -0.937. The van der Waals surface area contributed by atoms with Crippen LogP contribution in [0.4, 0.5) is 0 Å². The highest BCUT2D eigenvalue weighted by atomic mass is 32.1. The molecule has 24 heavy (non-hydrogen) atoms. The summed E-state index contributed by atoms with van der Waals surface area (Å²) in [6.45, 7) is 1.87. The van der Waals surface area contributed by atoms with E-state index in [2.05, 4.69) is 0 Å². The van der Waals surface area contributed by atoms with E-state index >= 15 is 0 Å². The fourth-order valence-electron chi connectivity index (χ4n) is 2.61. The second kappa shape index (κ2) is 6.81. The maximum Gasteiger partial charge on any atom is 0.347 e. The van der Waals surface area contributed by atoms with Crippen molar-refractivity contribution in [1.29, 1.82) is 0 Å². The molecule has 0 bridgehead atoms. The molecule has 1 heterocycles. The summed E-state index contributed by atoms with van der Waals surface area (Å²) in [7, 11) is 0. The minimum absolute atomic E-state index is 0.387. The fraction of sp³-hybridized carbons (Fsp3) is 0.100. The van der Waals surface area contributed by atoms with E-state index < -0.39 is 5.41 Å². The van der Waals surface area contributed by atoms with Crippen LogP contribution in [0.2, 0.25) is 0 Å². The second-order valence-corrected chi connectivity index (χ2v) is 6.02. The van der Waals surface area contributed by atoms with Gasteiger partial charge in [0.05, 0.1) is 0 Å². The SMILES string of the molecule is CC(C(=O)On1ccccc1=S)(c1ccccc1)c1ccccc1. The van der Waals surface area contributed by atoms with Gasteiger partial charge in [0.2, 0.25) is 0 Å². The van der Waals surface area contributed by atoms with E-state index in [-0.39, 0.29) is 5.97 Å². The molecule has 0 spiro atoms. The normalized spacial score (nSPS) is 11.0. The molecule has 0 atom stereocenters. The van der Waals surface area contributed by atoms with Gasteiger partial charge < -0.3 is 4.84 Å². The summed E-state index contributed by atoms with van der Waals surface area (Å²) >= 11 is 5.21. The standard InChI is InChI=1S/C20H17NO2S/c1-20(16-10-4-2-5-11-16,17-12-6-3-7-13-17)19(22)23-21-15-9-8-14-18(21)24/h2-15H,1H3. The Hall–Kier alpha value is -2.72. The maximum atomic E-state index is 13.1. The number of nitrogens with zero attached hydrogens (tertiary/aromatic N) is 1. The first-order valence-electron chi connectivity index (χ1n) is 7.64. The molecule has 0 unspecified atom stereocenters. The van der Waals surface area contributed by atoms with Crippen LogP contribution in [0.15, 0.2) is 85.1 Å². The van der Waals surface area contributed by atoms with Crippen molar-refractivity contribution in [2.75, 3.05) is 0 Å². The molecule has 0 saturated carbocycles. The van der Waals surface area contributed by atoms with Crippen molar-refractivity contribution in [3.63, 3.8) is 0 Å². The van der Waals surface area contributed by atoms with Gasteiger partial charge in [-0.25, -0.2) is 4.79 Å². The van der Waals surface area contributed by atoms with Crippen LogP contribution in [0.1, 0.15) is 18.1 Å². The van der Waals surface area contributed by atoms with Crippen LogP contribution >= 0.6 is 12.2 Å². The van der Waals surface area contributed by atoms with E-state index in [9.17, 15) is 4.79 Å². The maximum absolute atomic E-state index is 13.1. The van der Waals surface area contributed by atoms with Crippen LogP contribution in [0.5, 0.6) is 0 Å². The molecule has 1 aromatic heterocycles. The molecule has 4 heteroatoms. The molecular formula is C20H17NO2S. The fourth-order valence-corrected chi connectivity index (χ4v) is 2.79. The van der Waals surface area contributed by atoms with Gasteiger partial charge in [0.15, 0.2) is 0 Å². The van der Waals surface area contributed by atoms with Gasteiger partial charge in [-0.15, -0.1) is 0 Å². The lowest BCUT2D eigenvalue weighted by Gasteiger charge is -2.28. The molecule has 0 saturated heterocycles. The average molecular weight is 335 g/mol. The van der Waals surface area contributed by atoms with Crippen molar-refractivity contribution in [1.82, 2.24) is 4.73 Å². The van der Waals surface area contributed by atoms with Crippen molar-refractivity contribution >= 4 is 18.2 Å². The molecule has 0 fully saturated rings. The zero-order chi connectivity index (χ0) is 17.0. The molecule has 0 amide bonds. The molecule has 0 aliphatic heterocycles. The van der Waals surface area contributed by atoms with E-state index in [1.807, 2.05) is 67.6 Å². The van der Waals surface area contributed by atoms with Crippen molar-refractivity contribution in [3.8, 4) is 0 Å². The number of benzene rings is 2. The Kier molecular flexibility index (Phi) is 4.58. The van der Waals surface area contributed by atoms with Crippen LogP contribution in [0.25, 0.3) is 0 Å². The number of carbonyl (C=O) groups is 1. The summed E-state index contributed by atoms with van der Waals surface area (Å²) in [5, 5.41) is 0. The van der Waals surface area contributed by atoms with Crippen LogP contribution in [0.3, 0.4) is 0 Å². The lowest BCUT2D eigenvalue weighted by atomic mass is 9.76. The van der Waals surface area contributed by atoms with Crippen molar-refractivity contribution in [3.05, 3.63) is 101 Å². The Morgan fingerprint density at radius 1 is 0.875 bits per heavy atom. The minimum Gasteiger partial charge on any atom is -0.334 e. The van der Waals surface area contributed by atoms with Gasteiger partial charge >= 0.3 is 5.97 Å². The number of hydrogen-bond acceptors (Lipinski definition) is 3. The topological polar surface area (TPSA) is 31.2 Å². The van der Waals surface area contributed by atoms with Crippen molar-refractivity contribution in [2.24, 2.45) is 0 Å². The third-order valence-corrected chi connectivity index (χ3v) is 4.40. The Bertz CT molecular complexity index is 849. The predicted octanol–water partition coefficient (Wildman–Crippen LogP) is 4.18. The third-order valence-electron chi connectivity index (χ3n) is 4.08. The van der Waals surface area contributed by atoms with E-state index in [4.69, 9.17) is 17.1 Å². The summed E-state index contributed by atoms with van der Waals surface area (Å²) in [5.74, 6) is -0.387. The summed E-state index contributed by atoms with van der Waals surface area (Å²) in [6, 6.07) is 24.5. The van der Waals surface area contributed by atoms with Crippen LogP contribution in [0, 0.1) is 4.64 Å². The van der Waals surface area contributed by atoms with Crippen LogP contribution in [-0.4, -0.2) is 10.7 Å². The number of pyridine rings is 1. The van der Waals surface area contributed by atoms with Gasteiger partial charge in [0.25, 0.3) is 0 Å². The quantitative estimate of drug-likeness (QED) is 0.670. The largest absolute Gasteiger partial charge is 0.347 e. The van der Waals surface area contributed by atoms with Crippen LogP contribution < -0.4 is 4.84 Å². The second-order valence-electron chi connectivity index (χ2n) is 5.60. The summed E-state index contributed by atoms with van der Waals surface area (Å²) < 4.78 is 1.76. The number of carbonyl (C=O) groups excluding carboxylic acids is 1. The first-order chi connectivity index (χ1) is 11.6. The molecule has 2 aromatic carbocycles. The predicted molar refractivity (Wildman–Crippen MR) is 96.2 cm³/mol. The van der Waals surface area contributed by atoms with Gasteiger partial charge in [0, 0.05) is 6.20 Å². The van der Waals surface area contributed by atoms with Gasteiger partial charge in [0.1, 0.15) is 10.1 Å². The summed E-state index contributed by atoms with van der Waals surface area (Å²) in [6.07, 6.45) is 1.64. The van der Waals surface area contributed by atoms with E-state index in [0.717, 1.165) is 11.1 Å². The molecule has 0 aliphatic carbocycles. The van der Waals surface area contributed by atoms with E-state index in [1.54, 1.807) is 24.4 Å². The van der Waals surface area contributed by atoms with Gasteiger partial charge in [-0.2, -0.15) is 4.73 Å². The van der Waals surface area contributed by atoms with Crippen LogP contribution in [-0.2, 0) is 10.2 Å². The van der Waals surface area contributed by atoms with Gasteiger partial charge in [-0.3, -0.25) is 0 Å². The molecule has 3 nitrogen and oxygen atoms in total. The van der Waals surface area contributed by atoms with Gasteiger partial charge in [-0.05, 0) is 30.2 Å². The molecule has 3 aromatic rings. The first kappa shape index (κ1) is 16.1. The number of hydrogen-bond donors (Lipinski definition) is 0. The summed E-state index contributed by atoms with van der Waals surface area (Å²) in [4.78, 5) is 18.7. The Morgan fingerprint density at radius 2 is 1.38 bits per heavy atom. The lowest BCUT2D eigenvalue weighted by Crippen LogP contribution is -2.40. The van der Waals surface area contributed by atoms with Gasteiger partial charge in [-0.1, -0.05) is 78.9 Å². The first-order valence-corrected chi connectivity index (χ1v) is 8.05. The monoisotopic (exact) mass is 335 g/mol. The van der Waals surface area contributed by atoms with Crippen molar-refractivity contribution in [2.45, 2.75) is 12.3 Å². The molecule has 3 rings (SSSR count). The molecule has 120 valence electrons. The molecule has 0 aliphatic rings. The summed E-state index contributed by atoms with van der Waals surface area (Å²) in [5.41, 5.74) is 0.792. The zero-order valence-electron chi connectivity index (χ0n) is 13.3. The highest BCUT2D eigenvalue weighted by Gasteiger charge is 2.39.